The summed E-state index contributed by atoms with van der Waals surface area (Å²) in [6.45, 7) is 1.83. The number of para-hydroxylation sites is 1. The molecular weight excluding hydrogens is 364 g/mol. The first kappa shape index (κ1) is 17.8. The van der Waals surface area contributed by atoms with E-state index in [-0.39, 0.29) is 6.04 Å². The SMILES string of the molecule is CNc1ccc(-c2noc([C@H]3CCCN3Cc3cnc4ccccc4c3)n2)cn1. The van der Waals surface area contributed by atoms with Gasteiger partial charge in [0.05, 0.1) is 11.6 Å². The van der Waals surface area contributed by atoms with Crippen LogP contribution in [0.1, 0.15) is 30.3 Å². The Morgan fingerprint density at radius 1 is 1.14 bits per heavy atom. The maximum Gasteiger partial charge on any atom is 0.244 e. The fourth-order valence-corrected chi connectivity index (χ4v) is 3.89. The van der Waals surface area contributed by atoms with Crippen LogP contribution in [0, 0.1) is 0 Å². The fourth-order valence-electron chi connectivity index (χ4n) is 3.89. The number of benzene rings is 1. The van der Waals surface area contributed by atoms with Gasteiger partial charge in [0.15, 0.2) is 0 Å². The summed E-state index contributed by atoms with van der Waals surface area (Å²) in [5.41, 5.74) is 3.07. The number of hydrogen-bond acceptors (Lipinski definition) is 7. The van der Waals surface area contributed by atoms with Crippen molar-refractivity contribution in [2.45, 2.75) is 25.4 Å². The van der Waals surface area contributed by atoms with Crippen LogP contribution >= 0.6 is 0 Å². The highest BCUT2D eigenvalue weighted by Crippen LogP contribution is 2.33. The number of nitrogens with one attached hydrogen (secondary N) is 1. The average Bonchev–Trinajstić information content (AvgIpc) is 3.43. The van der Waals surface area contributed by atoms with Crippen molar-refractivity contribution in [3.63, 3.8) is 0 Å². The molecule has 7 nitrogen and oxygen atoms in total. The van der Waals surface area contributed by atoms with E-state index in [1.807, 2.05) is 43.6 Å². The van der Waals surface area contributed by atoms with Crippen LogP contribution in [0.15, 0.2) is 59.4 Å². The lowest BCUT2D eigenvalue weighted by Gasteiger charge is -2.21. The third kappa shape index (κ3) is 3.56. The van der Waals surface area contributed by atoms with Crippen LogP contribution in [0.5, 0.6) is 0 Å². The predicted molar refractivity (Wildman–Crippen MR) is 111 cm³/mol. The smallest absolute Gasteiger partial charge is 0.244 e. The molecule has 1 aromatic carbocycles. The maximum atomic E-state index is 5.64. The number of likely N-dealkylation sites (tertiary alicyclic amines) is 1. The molecule has 5 rings (SSSR count). The molecule has 1 fully saturated rings. The van der Waals surface area contributed by atoms with E-state index in [2.05, 4.69) is 42.5 Å². The molecule has 3 aromatic heterocycles. The van der Waals surface area contributed by atoms with Gasteiger partial charge in [-0.05, 0) is 49.2 Å². The van der Waals surface area contributed by atoms with Gasteiger partial charge >= 0.3 is 0 Å². The molecule has 0 unspecified atom stereocenters. The minimum absolute atomic E-state index is 0.132. The molecular formula is C22H22N6O. The van der Waals surface area contributed by atoms with E-state index in [1.54, 1.807) is 6.20 Å². The Labute approximate surface area is 168 Å². The molecule has 146 valence electrons. The Morgan fingerprint density at radius 3 is 2.93 bits per heavy atom. The molecule has 0 spiro atoms. The normalized spacial score (nSPS) is 17.1. The molecule has 1 aliphatic rings. The lowest BCUT2D eigenvalue weighted by atomic mass is 10.1. The van der Waals surface area contributed by atoms with Crippen molar-refractivity contribution in [2.24, 2.45) is 0 Å². The quantitative estimate of drug-likeness (QED) is 0.554. The Kier molecular flexibility index (Phi) is 4.65. The van der Waals surface area contributed by atoms with Gasteiger partial charge in [0, 0.05) is 36.9 Å². The highest BCUT2D eigenvalue weighted by Gasteiger charge is 2.31. The van der Waals surface area contributed by atoms with Crippen LogP contribution in [0.25, 0.3) is 22.3 Å². The van der Waals surface area contributed by atoms with E-state index < -0.39 is 0 Å². The summed E-state index contributed by atoms with van der Waals surface area (Å²) in [5, 5.41) is 8.36. The van der Waals surface area contributed by atoms with E-state index in [0.29, 0.717) is 11.7 Å². The molecule has 7 heteroatoms. The van der Waals surface area contributed by atoms with Gasteiger partial charge in [0.1, 0.15) is 5.82 Å². The van der Waals surface area contributed by atoms with Gasteiger partial charge in [-0.2, -0.15) is 4.98 Å². The summed E-state index contributed by atoms with van der Waals surface area (Å²) in [7, 11) is 1.84. The molecule has 1 atom stereocenters. The van der Waals surface area contributed by atoms with E-state index >= 15 is 0 Å². The Balaban J connectivity index is 1.35. The number of fused-ring (bicyclic) bond motifs is 1. The predicted octanol–water partition coefficient (Wildman–Crippen LogP) is 4.06. The summed E-state index contributed by atoms with van der Waals surface area (Å²) in [4.78, 5) is 16.0. The third-order valence-electron chi connectivity index (χ3n) is 5.40. The molecule has 0 radical (unpaired) electrons. The number of aromatic nitrogens is 4. The van der Waals surface area contributed by atoms with E-state index in [0.717, 1.165) is 42.8 Å². The zero-order valence-electron chi connectivity index (χ0n) is 16.2. The Hall–Kier alpha value is -3.32. The van der Waals surface area contributed by atoms with Crippen molar-refractivity contribution >= 4 is 16.7 Å². The first-order chi connectivity index (χ1) is 14.3. The first-order valence-corrected chi connectivity index (χ1v) is 9.85. The fraction of sp³-hybridized carbons (Fsp3) is 0.273. The largest absolute Gasteiger partial charge is 0.373 e. The molecule has 1 saturated heterocycles. The van der Waals surface area contributed by atoms with Gasteiger partial charge in [0.2, 0.25) is 11.7 Å². The van der Waals surface area contributed by atoms with E-state index in [9.17, 15) is 0 Å². The number of pyridine rings is 2. The van der Waals surface area contributed by atoms with Crippen molar-refractivity contribution in [3.05, 3.63) is 66.3 Å². The molecule has 29 heavy (non-hydrogen) atoms. The van der Waals surface area contributed by atoms with E-state index in [4.69, 9.17) is 4.52 Å². The zero-order chi connectivity index (χ0) is 19.6. The summed E-state index contributed by atoms with van der Waals surface area (Å²) in [6, 6.07) is 14.4. The molecule has 4 aromatic rings. The summed E-state index contributed by atoms with van der Waals surface area (Å²) in [5.74, 6) is 2.06. The topological polar surface area (TPSA) is 80.0 Å². The van der Waals surface area contributed by atoms with Crippen molar-refractivity contribution in [1.29, 1.82) is 0 Å². The lowest BCUT2D eigenvalue weighted by molar-refractivity contribution is 0.201. The first-order valence-electron chi connectivity index (χ1n) is 9.85. The van der Waals surface area contributed by atoms with Crippen LogP contribution in [-0.2, 0) is 6.54 Å². The minimum atomic E-state index is 0.132. The van der Waals surface area contributed by atoms with Crippen LogP contribution in [0.3, 0.4) is 0 Å². The molecule has 0 amide bonds. The number of anilines is 1. The molecule has 4 heterocycles. The van der Waals surface area contributed by atoms with Crippen LogP contribution in [-0.4, -0.2) is 38.6 Å². The second-order valence-corrected chi connectivity index (χ2v) is 7.30. The standard InChI is InChI=1S/C22H22N6O/c1-23-20-9-8-17(13-25-20)21-26-22(29-27-21)19-7-4-10-28(19)14-15-11-16-5-2-3-6-18(16)24-12-15/h2-3,5-6,8-9,11-13,19H,4,7,10,14H2,1H3,(H,23,25)/t19-/m1/s1. The second-order valence-electron chi connectivity index (χ2n) is 7.30. The molecule has 1 aliphatic heterocycles. The molecule has 0 aliphatic carbocycles. The van der Waals surface area contributed by atoms with Crippen molar-refractivity contribution < 1.29 is 4.52 Å². The lowest BCUT2D eigenvalue weighted by Crippen LogP contribution is -2.23. The molecule has 0 saturated carbocycles. The minimum Gasteiger partial charge on any atom is -0.373 e. The number of rotatable bonds is 5. The van der Waals surface area contributed by atoms with Crippen molar-refractivity contribution in [2.75, 3.05) is 18.9 Å². The second kappa shape index (κ2) is 7.60. The van der Waals surface area contributed by atoms with Gasteiger partial charge < -0.3 is 9.84 Å². The van der Waals surface area contributed by atoms with Crippen molar-refractivity contribution in [3.8, 4) is 11.4 Å². The van der Waals surface area contributed by atoms with Crippen LogP contribution < -0.4 is 5.32 Å². The van der Waals surface area contributed by atoms with Crippen LogP contribution in [0.4, 0.5) is 5.82 Å². The Morgan fingerprint density at radius 2 is 2.07 bits per heavy atom. The van der Waals surface area contributed by atoms with Gasteiger partial charge in [-0.15, -0.1) is 0 Å². The Bertz CT molecular complexity index is 1120. The highest BCUT2D eigenvalue weighted by molar-refractivity contribution is 5.78. The van der Waals surface area contributed by atoms with Gasteiger partial charge in [-0.25, -0.2) is 4.98 Å². The summed E-state index contributed by atoms with van der Waals surface area (Å²) in [6.07, 6.45) is 5.85. The van der Waals surface area contributed by atoms with Gasteiger partial charge in [0.25, 0.3) is 0 Å². The monoisotopic (exact) mass is 386 g/mol. The average molecular weight is 386 g/mol. The van der Waals surface area contributed by atoms with Gasteiger partial charge in [-0.3, -0.25) is 9.88 Å². The third-order valence-corrected chi connectivity index (χ3v) is 5.40. The molecule has 0 bridgehead atoms. The maximum absolute atomic E-state index is 5.64. The summed E-state index contributed by atoms with van der Waals surface area (Å²) >= 11 is 0. The number of hydrogen-bond donors (Lipinski definition) is 1. The van der Waals surface area contributed by atoms with Crippen molar-refractivity contribution in [1.82, 2.24) is 25.0 Å². The summed E-state index contributed by atoms with van der Waals surface area (Å²) < 4.78 is 5.64. The zero-order valence-corrected chi connectivity index (χ0v) is 16.2. The molecule has 1 N–H and O–H groups in total. The highest BCUT2D eigenvalue weighted by atomic mass is 16.5. The van der Waals surface area contributed by atoms with Crippen LogP contribution in [0.2, 0.25) is 0 Å². The van der Waals surface area contributed by atoms with E-state index in [1.165, 1.54) is 10.9 Å². The van der Waals surface area contributed by atoms with Gasteiger partial charge in [-0.1, -0.05) is 23.4 Å². The number of nitrogens with zero attached hydrogens (tertiary/aromatic N) is 5.